The highest BCUT2D eigenvalue weighted by atomic mass is 35.5. The van der Waals surface area contributed by atoms with Gasteiger partial charge < -0.3 is 5.11 Å². The third-order valence-electron chi connectivity index (χ3n) is 3.50. The summed E-state index contributed by atoms with van der Waals surface area (Å²) >= 11 is 12.3. The Labute approximate surface area is 120 Å². The molecule has 1 fully saturated rings. The lowest BCUT2D eigenvalue weighted by Crippen LogP contribution is -2.07. The average molecular weight is 296 g/mol. The number of benzene rings is 1. The third kappa shape index (κ3) is 1.97. The number of carbonyl (C=O) groups is 1. The molecule has 2 aromatic rings. The Balaban J connectivity index is 2.48. The number of carboxylic acids is 1. The molecule has 3 rings (SSSR count). The number of halogens is 2. The Kier molecular flexibility index (Phi) is 2.91. The molecule has 0 unspecified atom stereocenters. The predicted molar refractivity (Wildman–Crippen MR) is 75.4 cm³/mol. The summed E-state index contributed by atoms with van der Waals surface area (Å²) in [6, 6.07) is 3.26. The maximum atomic E-state index is 11.6. The van der Waals surface area contributed by atoms with E-state index in [2.05, 4.69) is 4.98 Å². The largest absolute Gasteiger partial charge is 0.478 e. The smallest absolute Gasteiger partial charge is 0.336 e. The first-order valence-corrected chi connectivity index (χ1v) is 6.77. The topological polar surface area (TPSA) is 50.2 Å². The molecule has 1 heterocycles. The molecule has 0 bridgehead atoms. The maximum absolute atomic E-state index is 11.6. The number of hydrogen-bond acceptors (Lipinski definition) is 2. The Morgan fingerprint density at radius 3 is 2.53 bits per heavy atom. The zero-order chi connectivity index (χ0) is 13.7. The fourth-order valence-corrected chi connectivity index (χ4v) is 2.88. The quantitative estimate of drug-likeness (QED) is 0.892. The van der Waals surface area contributed by atoms with Gasteiger partial charge in [-0.05, 0) is 37.5 Å². The molecular formula is C14H11Cl2NO2. The SMILES string of the molecule is Cc1c(C2CC2)nc2c(Cl)ccc(Cl)c2c1C(=O)O. The van der Waals surface area contributed by atoms with E-state index in [1.165, 1.54) is 0 Å². The van der Waals surface area contributed by atoms with Crippen LogP contribution in [0.5, 0.6) is 0 Å². The summed E-state index contributed by atoms with van der Waals surface area (Å²) in [5.41, 5.74) is 2.25. The van der Waals surface area contributed by atoms with E-state index in [0.717, 1.165) is 18.5 Å². The van der Waals surface area contributed by atoms with Crippen molar-refractivity contribution in [2.24, 2.45) is 0 Å². The van der Waals surface area contributed by atoms with Gasteiger partial charge in [0, 0.05) is 17.0 Å². The molecule has 0 aliphatic heterocycles. The summed E-state index contributed by atoms with van der Waals surface area (Å²) in [6.45, 7) is 1.79. The molecule has 0 spiro atoms. The van der Waals surface area contributed by atoms with Crippen molar-refractivity contribution in [3.63, 3.8) is 0 Å². The molecule has 1 aliphatic carbocycles. The van der Waals surface area contributed by atoms with E-state index in [-0.39, 0.29) is 5.56 Å². The highest BCUT2D eigenvalue weighted by Gasteiger charge is 2.30. The normalized spacial score (nSPS) is 14.9. The standard InChI is InChI=1S/C14H11Cl2NO2/c1-6-10(14(18)19)11-8(15)4-5-9(16)13(11)17-12(6)7-2-3-7/h4-5,7H,2-3H2,1H3,(H,18,19). The van der Waals surface area contributed by atoms with Crippen molar-refractivity contribution in [1.29, 1.82) is 0 Å². The average Bonchev–Trinajstić information content (AvgIpc) is 3.17. The Hall–Kier alpha value is -1.32. The third-order valence-corrected chi connectivity index (χ3v) is 4.12. The van der Waals surface area contributed by atoms with Gasteiger partial charge in [-0.25, -0.2) is 4.79 Å². The van der Waals surface area contributed by atoms with E-state index < -0.39 is 5.97 Å². The van der Waals surface area contributed by atoms with E-state index >= 15 is 0 Å². The number of hydrogen-bond donors (Lipinski definition) is 1. The molecule has 1 N–H and O–H groups in total. The van der Waals surface area contributed by atoms with Gasteiger partial charge in [-0.3, -0.25) is 4.98 Å². The molecule has 1 saturated carbocycles. The van der Waals surface area contributed by atoms with Crippen LogP contribution in [-0.4, -0.2) is 16.1 Å². The monoisotopic (exact) mass is 295 g/mol. The maximum Gasteiger partial charge on any atom is 0.336 e. The summed E-state index contributed by atoms with van der Waals surface area (Å²) < 4.78 is 0. The van der Waals surface area contributed by atoms with Crippen LogP contribution >= 0.6 is 23.2 Å². The van der Waals surface area contributed by atoms with Crippen molar-refractivity contribution in [2.75, 3.05) is 0 Å². The van der Waals surface area contributed by atoms with Gasteiger partial charge >= 0.3 is 5.97 Å². The van der Waals surface area contributed by atoms with Crippen LogP contribution in [0, 0.1) is 6.92 Å². The molecule has 1 aliphatic rings. The van der Waals surface area contributed by atoms with Gasteiger partial charge in [0.1, 0.15) is 0 Å². The Morgan fingerprint density at radius 2 is 1.95 bits per heavy atom. The molecule has 0 radical (unpaired) electrons. The minimum atomic E-state index is -0.990. The fraction of sp³-hybridized carbons (Fsp3) is 0.286. The van der Waals surface area contributed by atoms with E-state index in [1.807, 2.05) is 0 Å². The number of nitrogens with zero attached hydrogens (tertiary/aromatic N) is 1. The Morgan fingerprint density at radius 1 is 1.32 bits per heavy atom. The molecular weight excluding hydrogens is 285 g/mol. The first-order chi connectivity index (χ1) is 9.00. The first kappa shape index (κ1) is 12.7. The molecule has 1 aromatic carbocycles. The van der Waals surface area contributed by atoms with E-state index in [9.17, 15) is 9.90 Å². The number of pyridine rings is 1. The summed E-state index contributed by atoms with van der Waals surface area (Å²) in [6.07, 6.45) is 2.10. The van der Waals surface area contributed by atoms with Crippen molar-refractivity contribution < 1.29 is 9.90 Å². The molecule has 3 nitrogen and oxygen atoms in total. The molecule has 0 saturated heterocycles. The number of aromatic nitrogens is 1. The van der Waals surface area contributed by atoms with Gasteiger partial charge in [-0.15, -0.1) is 0 Å². The second kappa shape index (κ2) is 4.36. The van der Waals surface area contributed by atoms with Gasteiger partial charge in [0.25, 0.3) is 0 Å². The van der Waals surface area contributed by atoms with Crippen LogP contribution in [0.2, 0.25) is 10.0 Å². The van der Waals surface area contributed by atoms with Crippen LogP contribution in [0.4, 0.5) is 0 Å². The van der Waals surface area contributed by atoms with Gasteiger partial charge in [0.05, 0.1) is 21.1 Å². The predicted octanol–water partition coefficient (Wildman–Crippen LogP) is 4.43. The van der Waals surface area contributed by atoms with Gasteiger partial charge in [0.2, 0.25) is 0 Å². The lowest BCUT2D eigenvalue weighted by molar-refractivity contribution is 0.0698. The van der Waals surface area contributed by atoms with Crippen molar-refractivity contribution in [3.8, 4) is 0 Å². The van der Waals surface area contributed by atoms with Crippen LogP contribution in [0.3, 0.4) is 0 Å². The first-order valence-electron chi connectivity index (χ1n) is 6.02. The van der Waals surface area contributed by atoms with Gasteiger partial charge in [0.15, 0.2) is 0 Å². The molecule has 5 heteroatoms. The number of fused-ring (bicyclic) bond motifs is 1. The van der Waals surface area contributed by atoms with E-state index in [4.69, 9.17) is 23.2 Å². The van der Waals surface area contributed by atoms with Crippen molar-refractivity contribution >= 4 is 40.1 Å². The van der Waals surface area contributed by atoms with Crippen LogP contribution in [0.25, 0.3) is 10.9 Å². The van der Waals surface area contributed by atoms with Crippen molar-refractivity contribution in [1.82, 2.24) is 4.98 Å². The molecule has 98 valence electrons. The summed E-state index contributed by atoms with van der Waals surface area (Å²) in [5.74, 6) is -0.631. The Bertz CT molecular complexity index is 708. The van der Waals surface area contributed by atoms with E-state index in [0.29, 0.717) is 32.4 Å². The van der Waals surface area contributed by atoms with Crippen LogP contribution in [-0.2, 0) is 0 Å². The molecule has 0 amide bonds. The highest BCUT2D eigenvalue weighted by Crippen LogP contribution is 2.44. The number of rotatable bonds is 2. The summed E-state index contributed by atoms with van der Waals surface area (Å²) in [4.78, 5) is 16.1. The van der Waals surface area contributed by atoms with Gasteiger partial charge in [-0.1, -0.05) is 23.2 Å². The zero-order valence-electron chi connectivity index (χ0n) is 10.2. The fourth-order valence-electron chi connectivity index (χ4n) is 2.43. The van der Waals surface area contributed by atoms with E-state index in [1.54, 1.807) is 19.1 Å². The lowest BCUT2D eigenvalue weighted by Gasteiger charge is -2.13. The van der Waals surface area contributed by atoms with Crippen LogP contribution < -0.4 is 0 Å². The van der Waals surface area contributed by atoms with Crippen molar-refractivity contribution in [3.05, 3.63) is 39.0 Å². The minimum absolute atomic E-state index is 0.222. The number of carboxylic acid groups (broad SMARTS) is 1. The lowest BCUT2D eigenvalue weighted by atomic mass is 9.99. The molecule has 19 heavy (non-hydrogen) atoms. The van der Waals surface area contributed by atoms with Crippen LogP contribution in [0.1, 0.15) is 40.4 Å². The highest BCUT2D eigenvalue weighted by molar-refractivity contribution is 6.41. The summed E-state index contributed by atoms with van der Waals surface area (Å²) in [7, 11) is 0. The van der Waals surface area contributed by atoms with Crippen LogP contribution in [0.15, 0.2) is 12.1 Å². The molecule has 1 aromatic heterocycles. The second-order valence-electron chi connectivity index (χ2n) is 4.83. The zero-order valence-corrected chi connectivity index (χ0v) is 11.7. The molecule has 0 atom stereocenters. The number of aromatic carboxylic acids is 1. The van der Waals surface area contributed by atoms with Crippen molar-refractivity contribution in [2.45, 2.75) is 25.7 Å². The minimum Gasteiger partial charge on any atom is -0.478 e. The summed E-state index contributed by atoms with van der Waals surface area (Å²) in [5, 5.41) is 10.7. The second-order valence-corrected chi connectivity index (χ2v) is 5.64. The van der Waals surface area contributed by atoms with Gasteiger partial charge in [-0.2, -0.15) is 0 Å².